The zero-order valence-corrected chi connectivity index (χ0v) is 13.3. The number of nitrogens with zero attached hydrogens (tertiary/aromatic N) is 2. The lowest BCUT2D eigenvalue weighted by Crippen LogP contribution is -2.22. The Bertz CT molecular complexity index is 831. The molecular weight excluding hydrogens is 310 g/mol. The van der Waals surface area contributed by atoms with Crippen LogP contribution in [0.1, 0.15) is 35.8 Å². The molecule has 0 atom stereocenters. The van der Waals surface area contributed by atoms with Crippen molar-refractivity contribution in [2.24, 2.45) is 0 Å². The van der Waals surface area contributed by atoms with Crippen LogP contribution in [-0.4, -0.2) is 21.3 Å². The molecule has 7 heteroatoms. The van der Waals surface area contributed by atoms with E-state index in [1.807, 2.05) is 30.3 Å². The summed E-state index contributed by atoms with van der Waals surface area (Å²) in [5.41, 5.74) is 0.621. The SMILES string of the molecule is CC(C)(O)c1cc(C(=O)NCc2cc(-c3ccccc3)on2)on1. The van der Waals surface area contributed by atoms with Gasteiger partial charge in [0.25, 0.3) is 5.91 Å². The first-order valence-corrected chi connectivity index (χ1v) is 7.42. The molecule has 0 unspecified atom stereocenters. The maximum atomic E-state index is 12.1. The van der Waals surface area contributed by atoms with E-state index >= 15 is 0 Å². The molecule has 2 heterocycles. The van der Waals surface area contributed by atoms with Gasteiger partial charge in [-0.3, -0.25) is 4.79 Å². The van der Waals surface area contributed by atoms with E-state index in [0.29, 0.717) is 17.1 Å². The number of nitrogens with one attached hydrogen (secondary N) is 1. The van der Waals surface area contributed by atoms with Crippen molar-refractivity contribution in [3.05, 3.63) is 59.6 Å². The third kappa shape index (κ3) is 3.52. The Kier molecular flexibility index (Phi) is 4.18. The maximum absolute atomic E-state index is 12.1. The maximum Gasteiger partial charge on any atom is 0.290 e. The van der Waals surface area contributed by atoms with Crippen LogP contribution in [0, 0.1) is 0 Å². The van der Waals surface area contributed by atoms with Crippen LogP contribution < -0.4 is 5.32 Å². The molecule has 2 N–H and O–H groups in total. The molecule has 0 saturated carbocycles. The molecular formula is C17H17N3O4. The van der Waals surface area contributed by atoms with E-state index in [1.54, 1.807) is 19.9 Å². The molecule has 124 valence electrons. The van der Waals surface area contributed by atoms with Crippen molar-refractivity contribution >= 4 is 5.91 Å². The monoisotopic (exact) mass is 327 g/mol. The number of rotatable bonds is 5. The highest BCUT2D eigenvalue weighted by Gasteiger charge is 2.23. The Balaban J connectivity index is 1.63. The number of hydrogen-bond donors (Lipinski definition) is 2. The highest BCUT2D eigenvalue weighted by molar-refractivity contribution is 5.91. The van der Waals surface area contributed by atoms with Gasteiger partial charge in [0.1, 0.15) is 17.0 Å². The Morgan fingerprint density at radius 1 is 1.17 bits per heavy atom. The van der Waals surface area contributed by atoms with E-state index in [4.69, 9.17) is 9.05 Å². The van der Waals surface area contributed by atoms with E-state index in [1.165, 1.54) is 6.07 Å². The van der Waals surface area contributed by atoms with Crippen LogP contribution in [0.3, 0.4) is 0 Å². The van der Waals surface area contributed by atoms with Crippen LogP contribution in [0.2, 0.25) is 0 Å². The van der Waals surface area contributed by atoms with Gasteiger partial charge in [0.2, 0.25) is 5.76 Å². The Morgan fingerprint density at radius 2 is 1.92 bits per heavy atom. The molecule has 1 amide bonds. The summed E-state index contributed by atoms with van der Waals surface area (Å²) in [6, 6.07) is 12.7. The van der Waals surface area contributed by atoms with E-state index in [2.05, 4.69) is 15.6 Å². The second-order valence-electron chi connectivity index (χ2n) is 5.87. The molecule has 3 aromatic rings. The van der Waals surface area contributed by atoms with Crippen LogP contribution in [0.4, 0.5) is 0 Å². The van der Waals surface area contributed by atoms with Crippen LogP contribution in [0.25, 0.3) is 11.3 Å². The van der Waals surface area contributed by atoms with Gasteiger partial charge in [0.15, 0.2) is 5.76 Å². The first kappa shape index (κ1) is 15.9. The minimum absolute atomic E-state index is 0.0268. The summed E-state index contributed by atoms with van der Waals surface area (Å²) >= 11 is 0. The average molecular weight is 327 g/mol. The second kappa shape index (κ2) is 6.29. The summed E-state index contributed by atoms with van der Waals surface area (Å²) in [4.78, 5) is 12.1. The lowest BCUT2D eigenvalue weighted by molar-refractivity contribution is 0.0696. The van der Waals surface area contributed by atoms with Crippen molar-refractivity contribution in [1.29, 1.82) is 0 Å². The van der Waals surface area contributed by atoms with Gasteiger partial charge in [0, 0.05) is 17.7 Å². The number of carbonyl (C=O) groups excluding carboxylic acids is 1. The molecule has 1 aromatic carbocycles. The minimum atomic E-state index is -1.17. The number of carbonyl (C=O) groups is 1. The molecule has 0 aliphatic heterocycles. The van der Waals surface area contributed by atoms with Gasteiger partial charge in [-0.15, -0.1) is 0 Å². The number of aromatic nitrogens is 2. The van der Waals surface area contributed by atoms with Crippen molar-refractivity contribution in [2.45, 2.75) is 26.0 Å². The zero-order chi connectivity index (χ0) is 17.2. The van der Waals surface area contributed by atoms with Gasteiger partial charge in [-0.25, -0.2) is 0 Å². The van der Waals surface area contributed by atoms with Crippen LogP contribution in [0.5, 0.6) is 0 Å². The average Bonchev–Trinajstić information content (AvgIpc) is 3.22. The molecule has 24 heavy (non-hydrogen) atoms. The van der Waals surface area contributed by atoms with Crippen molar-refractivity contribution in [1.82, 2.24) is 15.6 Å². The van der Waals surface area contributed by atoms with Crippen LogP contribution in [0.15, 0.2) is 51.5 Å². The van der Waals surface area contributed by atoms with Gasteiger partial charge >= 0.3 is 0 Å². The van der Waals surface area contributed by atoms with Crippen molar-refractivity contribution in [3.8, 4) is 11.3 Å². The van der Waals surface area contributed by atoms with Crippen molar-refractivity contribution in [3.63, 3.8) is 0 Å². The first-order valence-electron chi connectivity index (χ1n) is 7.42. The second-order valence-corrected chi connectivity index (χ2v) is 5.87. The standard InChI is InChI=1S/C17H17N3O4/c1-17(2,22)15-9-14(24-20-15)16(21)18-10-12-8-13(23-19-12)11-6-4-3-5-7-11/h3-9,22H,10H2,1-2H3,(H,18,21). The number of aliphatic hydroxyl groups is 1. The summed E-state index contributed by atoms with van der Waals surface area (Å²) in [7, 11) is 0. The van der Waals surface area contributed by atoms with Gasteiger partial charge in [-0.1, -0.05) is 40.6 Å². The predicted octanol–water partition coefficient (Wildman–Crippen LogP) is 2.49. The fraction of sp³-hybridized carbons (Fsp3) is 0.235. The zero-order valence-electron chi connectivity index (χ0n) is 13.3. The summed E-state index contributed by atoms with van der Waals surface area (Å²) in [5.74, 6) is 0.213. The number of hydrogen-bond acceptors (Lipinski definition) is 6. The molecule has 0 fully saturated rings. The largest absolute Gasteiger partial charge is 0.384 e. The first-order chi connectivity index (χ1) is 11.4. The molecule has 0 spiro atoms. The van der Waals surface area contributed by atoms with Crippen molar-refractivity contribution in [2.75, 3.05) is 0 Å². The third-order valence-electron chi connectivity index (χ3n) is 3.41. The number of benzene rings is 1. The Morgan fingerprint density at radius 3 is 2.58 bits per heavy atom. The highest BCUT2D eigenvalue weighted by atomic mass is 16.5. The lowest BCUT2D eigenvalue weighted by atomic mass is 10.1. The molecule has 0 saturated heterocycles. The Hall–Kier alpha value is -2.93. The smallest absolute Gasteiger partial charge is 0.290 e. The van der Waals surface area contributed by atoms with Crippen LogP contribution in [-0.2, 0) is 12.1 Å². The minimum Gasteiger partial charge on any atom is -0.384 e. The van der Waals surface area contributed by atoms with E-state index in [0.717, 1.165) is 5.56 Å². The topological polar surface area (TPSA) is 101 Å². The predicted molar refractivity (Wildman–Crippen MR) is 84.9 cm³/mol. The molecule has 3 rings (SSSR count). The van der Waals surface area contributed by atoms with Crippen molar-refractivity contribution < 1.29 is 18.9 Å². The summed E-state index contributed by atoms with van der Waals surface area (Å²) < 4.78 is 10.2. The van der Waals surface area contributed by atoms with E-state index in [9.17, 15) is 9.90 Å². The van der Waals surface area contributed by atoms with Gasteiger partial charge < -0.3 is 19.5 Å². The normalized spacial score (nSPS) is 11.5. The quantitative estimate of drug-likeness (QED) is 0.746. The molecule has 7 nitrogen and oxygen atoms in total. The van der Waals surface area contributed by atoms with E-state index < -0.39 is 11.5 Å². The molecule has 0 bridgehead atoms. The summed E-state index contributed by atoms with van der Waals surface area (Å²) in [5, 5.41) is 20.1. The number of amides is 1. The van der Waals surface area contributed by atoms with Gasteiger partial charge in [-0.2, -0.15) is 0 Å². The molecule has 0 aliphatic carbocycles. The molecule has 2 aromatic heterocycles. The third-order valence-corrected chi connectivity index (χ3v) is 3.41. The van der Waals surface area contributed by atoms with E-state index in [-0.39, 0.29) is 12.3 Å². The van der Waals surface area contributed by atoms with Crippen LogP contribution >= 0.6 is 0 Å². The molecule has 0 aliphatic rings. The molecule has 0 radical (unpaired) electrons. The van der Waals surface area contributed by atoms with Gasteiger partial charge in [0.05, 0.1) is 6.54 Å². The lowest BCUT2D eigenvalue weighted by Gasteiger charge is -2.11. The fourth-order valence-electron chi connectivity index (χ4n) is 2.06. The summed E-state index contributed by atoms with van der Waals surface area (Å²) in [6.45, 7) is 3.31. The Labute approximate surface area is 138 Å². The highest BCUT2D eigenvalue weighted by Crippen LogP contribution is 2.20. The van der Waals surface area contributed by atoms with Gasteiger partial charge in [-0.05, 0) is 13.8 Å². The summed E-state index contributed by atoms with van der Waals surface area (Å²) in [6.07, 6.45) is 0. The fourth-order valence-corrected chi connectivity index (χ4v) is 2.06.